The highest BCUT2D eigenvalue weighted by Crippen LogP contribution is 2.17. The Morgan fingerprint density at radius 3 is 2.86 bits per heavy atom. The zero-order valence-corrected chi connectivity index (χ0v) is 12.7. The van der Waals surface area contributed by atoms with E-state index in [0.717, 1.165) is 0 Å². The van der Waals surface area contributed by atoms with E-state index in [1.54, 1.807) is 19.1 Å². The molecule has 0 unspecified atom stereocenters. The highest BCUT2D eigenvalue weighted by molar-refractivity contribution is 6.30. The monoisotopic (exact) mass is 331 g/mol. The van der Waals surface area contributed by atoms with Crippen molar-refractivity contribution in [3.8, 4) is 0 Å². The zero-order valence-electron chi connectivity index (χ0n) is 11.1. The molecule has 1 heterocycles. The quantitative estimate of drug-likeness (QED) is 0.624. The summed E-state index contributed by atoms with van der Waals surface area (Å²) in [6, 6.07) is 4.32. The number of alkyl halides is 1. The Bertz CT molecular complexity index is 661. The van der Waals surface area contributed by atoms with Gasteiger partial charge >= 0.3 is 5.97 Å². The maximum atomic E-state index is 13.8. The van der Waals surface area contributed by atoms with Crippen molar-refractivity contribution in [3.05, 3.63) is 46.0 Å². The van der Waals surface area contributed by atoms with Crippen LogP contribution in [0.3, 0.4) is 0 Å². The molecule has 0 aliphatic carbocycles. The van der Waals surface area contributed by atoms with Gasteiger partial charge in [-0.05, 0) is 19.1 Å². The average Bonchev–Trinajstić information content (AvgIpc) is 2.85. The lowest BCUT2D eigenvalue weighted by Crippen LogP contribution is -2.11. The lowest BCUT2D eigenvalue weighted by molar-refractivity contribution is 0.0518. The summed E-state index contributed by atoms with van der Waals surface area (Å²) < 4.78 is 20.0. The largest absolute Gasteiger partial charge is 0.461 e. The third kappa shape index (κ3) is 3.51. The number of hydrogen-bond acceptors (Lipinski definition) is 4. The molecule has 0 fully saturated rings. The van der Waals surface area contributed by atoms with Crippen molar-refractivity contribution in [1.82, 2.24) is 15.0 Å². The van der Waals surface area contributed by atoms with Crippen molar-refractivity contribution in [2.24, 2.45) is 0 Å². The maximum absolute atomic E-state index is 13.8. The molecule has 0 atom stereocenters. The second-order valence-corrected chi connectivity index (χ2v) is 4.84. The Kier molecular flexibility index (Phi) is 5.14. The van der Waals surface area contributed by atoms with Gasteiger partial charge in [0.2, 0.25) is 0 Å². The molecule has 0 spiro atoms. The zero-order chi connectivity index (χ0) is 15.4. The number of ether oxygens (including phenoxy) is 1. The molecule has 0 bridgehead atoms. The molecule has 0 aliphatic heterocycles. The molecule has 2 aromatic rings. The first-order valence-corrected chi connectivity index (χ1v) is 7.07. The van der Waals surface area contributed by atoms with Gasteiger partial charge in [0.05, 0.1) is 24.7 Å². The molecule has 21 heavy (non-hydrogen) atoms. The van der Waals surface area contributed by atoms with Crippen LogP contribution in [0.5, 0.6) is 0 Å². The second kappa shape index (κ2) is 6.87. The van der Waals surface area contributed by atoms with Crippen LogP contribution in [0.25, 0.3) is 0 Å². The second-order valence-electron chi connectivity index (χ2n) is 4.13. The lowest BCUT2D eigenvalue weighted by Gasteiger charge is -2.07. The number of rotatable bonds is 5. The van der Waals surface area contributed by atoms with Crippen LogP contribution in [-0.4, -0.2) is 27.6 Å². The van der Waals surface area contributed by atoms with Gasteiger partial charge in [-0.15, -0.1) is 16.7 Å². The number of benzene rings is 1. The molecule has 0 radical (unpaired) electrons. The normalized spacial score (nSPS) is 10.7. The van der Waals surface area contributed by atoms with E-state index in [1.807, 2.05) is 0 Å². The van der Waals surface area contributed by atoms with Crippen LogP contribution in [0.15, 0.2) is 18.2 Å². The summed E-state index contributed by atoms with van der Waals surface area (Å²) in [7, 11) is 0. The summed E-state index contributed by atoms with van der Waals surface area (Å²) in [6.45, 7) is 2.00. The maximum Gasteiger partial charge on any atom is 0.360 e. The smallest absolute Gasteiger partial charge is 0.360 e. The first-order valence-electron chi connectivity index (χ1n) is 6.16. The summed E-state index contributed by atoms with van der Waals surface area (Å²) in [5, 5.41) is 7.89. The number of carbonyl (C=O) groups excluding carboxylic acids is 1. The molecule has 112 valence electrons. The van der Waals surface area contributed by atoms with Crippen LogP contribution in [-0.2, 0) is 17.2 Å². The van der Waals surface area contributed by atoms with E-state index in [2.05, 4.69) is 10.3 Å². The van der Waals surface area contributed by atoms with Gasteiger partial charge in [-0.3, -0.25) is 0 Å². The van der Waals surface area contributed by atoms with Gasteiger partial charge in [0, 0.05) is 10.6 Å². The fraction of sp³-hybridized carbons (Fsp3) is 0.308. The molecule has 0 amide bonds. The minimum absolute atomic E-state index is 0.0103. The Morgan fingerprint density at radius 1 is 1.48 bits per heavy atom. The number of nitrogens with zero attached hydrogens (tertiary/aromatic N) is 3. The van der Waals surface area contributed by atoms with Crippen LogP contribution in [0.4, 0.5) is 4.39 Å². The van der Waals surface area contributed by atoms with E-state index in [4.69, 9.17) is 27.9 Å². The van der Waals surface area contributed by atoms with Gasteiger partial charge in [0.15, 0.2) is 5.69 Å². The molecular formula is C13H12Cl2FN3O2. The Hall–Kier alpha value is -1.66. The van der Waals surface area contributed by atoms with E-state index in [0.29, 0.717) is 16.3 Å². The highest BCUT2D eigenvalue weighted by atomic mass is 35.5. The molecule has 0 aliphatic rings. The van der Waals surface area contributed by atoms with Crippen molar-refractivity contribution in [3.63, 3.8) is 0 Å². The van der Waals surface area contributed by atoms with Crippen LogP contribution < -0.4 is 0 Å². The summed E-state index contributed by atoms with van der Waals surface area (Å²) >= 11 is 11.5. The third-order valence-corrected chi connectivity index (χ3v) is 3.26. The van der Waals surface area contributed by atoms with E-state index >= 15 is 0 Å². The Balaban J connectivity index is 2.30. The van der Waals surface area contributed by atoms with Crippen LogP contribution in [0.1, 0.15) is 28.7 Å². The standard InChI is InChI=1S/C13H12Cl2FN3O2/c1-2-21-13(20)12-11(6-14)19(18-17-12)7-8-3-4-9(15)5-10(8)16/h3-5H,2,6-7H2,1H3. The third-order valence-electron chi connectivity index (χ3n) is 2.77. The molecule has 5 nitrogen and oxygen atoms in total. The minimum atomic E-state index is -0.601. The van der Waals surface area contributed by atoms with Crippen molar-refractivity contribution in [2.75, 3.05) is 6.61 Å². The molecule has 8 heteroatoms. The van der Waals surface area contributed by atoms with Crippen LogP contribution in [0.2, 0.25) is 5.02 Å². The number of esters is 1. The molecule has 0 saturated carbocycles. The molecule has 1 aromatic heterocycles. The fourth-order valence-electron chi connectivity index (χ4n) is 1.76. The number of halogens is 3. The fourth-order valence-corrected chi connectivity index (χ4v) is 2.18. The molecule has 2 rings (SSSR count). The van der Waals surface area contributed by atoms with Crippen LogP contribution in [0, 0.1) is 5.82 Å². The number of carbonyl (C=O) groups is 1. The van der Waals surface area contributed by atoms with E-state index in [9.17, 15) is 9.18 Å². The van der Waals surface area contributed by atoms with Gasteiger partial charge in [-0.2, -0.15) is 0 Å². The predicted molar refractivity (Wildman–Crippen MR) is 76.0 cm³/mol. The summed E-state index contributed by atoms with van der Waals surface area (Å²) in [6.07, 6.45) is 0. The minimum Gasteiger partial charge on any atom is -0.461 e. The molecular weight excluding hydrogens is 320 g/mol. The number of hydrogen-bond donors (Lipinski definition) is 0. The highest BCUT2D eigenvalue weighted by Gasteiger charge is 2.20. The van der Waals surface area contributed by atoms with Gasteiger partial charge in [-0.1, -0.05) is 22.9 Å². The van der Waals surface area contributed by atoms with Crippen molar-refractivity contribution >= 4 is 29.2 Å². The first kappa shape index (κ1) is 15.7. The van der Waals surface area contributed by atoms with Gasteiger partial charge < -0.3 is 4.74 Å². The van der Waals surface area contributed by atoms with E-state index in [-0.39, 0.29) is 24.7 Å². The van der Waals surface area contributed by atoms with Gasteiger partial charge in [0.25, 0.3) is 0 Å². The molecule has 0 N–H and O–H groups in total. The Labute approximate surface area is 130 Å². The van der Waals surface area contributed by atoms with Crippen molar-refractivity contribution in [1.29, 1.82) is 0 Å². The summed E-state index contributed by atoms with van der Waals surface area (Å²) in [5.74, 6) is -1.05. The van der Waals surface area contributed by atoms with Gasteiger partial charge in [0.1, 0.15) is 5.82 Å². The first-order chi connectivity index (χ1) is 10.1. The Morgan fingerprint density at radius 2 is 2.24 bits per heavy atom. The van der Waals surface area contributed by atoms with Crippen LogP contribution >= 0.6 is 23.2 Å². The van der Waals surface area contributed by atoms with Crippen molar-refractivity contribution < 1.29 is 13.9 Å². The van der Waals surface area contributed by atoms with Gasteiger partial charge in [-0.25, -0.2) is 13.9 Å². The van der Waals surface area contributed by atoms with E-state index in [1.165, 1.54) is 10.7 Å². The SMILES string of the molecule is CCOC(=O)c1nnn(Cc2ccc(Cl)cc2F)c1CCl. The molecule has 1 aromatic carbocycles. The number of aromatic nitrogens is 3. The summed E-state index contributed by atoms with van der Waals surface area (Å²) in [5.41, 5.74) is 0.789. The molecule has 0 saturated heterocycles. The van der Waals surface area contributed by atoms with E-state index < -0.39 is 11.8 Å². The topological polar surface area (TPSA) is 57.0 Å². The predicted octanol–water partition coefficient (Wildman–Crippen LogP) is 3.03. The summed E-state index contributed by atoms with van der Waals surface area (Å²) in [4.78, 5) is 11.7. The average molecular weight is 332 g/mol. The lowest BCUT2D eigenvalue weighted by atomic mass is 10.2. The van der Waals surface area contributed by atoms with Crippen molar-refractivity contribution in [2.45, 2.75) is 19.3 Å².